The fraction of sp³-hybridized carbons (Fsp3) is 0.200. The molecule has 3 rings (SSSR count). The van der Waals surface area contributed by atoms with Crippen molar-refractivity contribution in [1.82, 2.24) is 9.97 Å². The molecule has 0 saturated carbocycles. The lowest BCUT2D eigenvalue weighted by molar-refractivity contribution is 1.19. The van der Waals surface area contributed by atoms with Crippen LogP contribution < -0.4 is 5.73 Å². The highest BCUT2D eigenvalue weighted by Crippen LogP contribution is 2.40. The van der Waals surface area contributed by atoms with Crippen LogP contribution in [-0.4, -0.2) is 9.97 Å². The summed E-state index contributed by atoms with van der Waals surface area (Å²) in [6.45, 7) is 4.25. The minimum atomic E-state index is 0.566. The predicted octanol–water partition coefficient (Wildman–Crippen LogP) is 3.81. The summed E-state index contributed by atoms with van der Waals surface area (Å²) < 4.78 is 0. The number of nitrogens with zero attached hydrogens (tertiary/aromatic N) is 2. The molecule has 19 heavy (non-hydrogen) atoms. The highest BCUT2D eigenvalue weighted by Gasteiger charge is 2.16. The SMILES string of the molecule is CCc1sc2ncnc(N)c2c1-c1ccc(C)cc1. The third-order valence-electron chi connectivity index (χ3n) is 3.25. The molecule has 0 fully saturated rings. The molecule has 0 aliphatic carbocycles. The van der Waals surface area contributed by atoms with Crippen LogP contribution >= 0.6 is 11.3 Å². The van der Waals surface area contributed by atoms with Crippen molar-refractivity contribution in [3.05, 3.63) is 41.0 Å². The van der Waals surface area contributed by atoms with Crippen molar-refractivity contribution < 1.29 is 0 Å². The van der Waals surface area contributed by atoms with Crippen LogP contribution in [0.25, 0.3) is 21.3 Å². The zero-order valence-corrected chi connectivity index (χ0v) is 11.8. The molecular formula is C15H15N3S. The molecule has 0 unspecified atom stereocenters. The van der Waals surface area contributed by atoms with Crippen molar-refractivity contribution >= 4 is 27.4 Å². The number of hydrogen-bond acceptors (Lipinski definition) is 4. The van der Waals surface area contributed by atoms with Gasteiger partial charge in [0.25, 0.3) is 0 Å². The molecule has 2 heterocycles. The van der Waals surface area contributed by atoms with Gasteiger partial charge in [0.05, 0.1) is 5.39 Å². The third-order valence-corrected chi connectivity index (χ3v) is 4.49. The largest absolute Gasteiger partial charge is 0.383 e. The summed E-state index contributed by atoms with van der Waals surface area (Å²) in [4.78, 5) is 10.8. The van der Waals surface area contributed by atoms with Gasteiger partial charge in [-0.1, -0.05) is 36.8 Å². The molecular weight excluding hydrogens is 254 g/mol. The number of aryl methyl sites for hydroxylation is 2. The van der Waals surface area contributed by atoms with Gasteiger partial charge >= 0.3 is 0 Å². The molecule has 3 nitrogen and oxygen atoms in total. The van der Waals surface area contributed by atoms with Crippen LogP contribution in [0.2, 0.25) is 0 Å². The van der Waals surface area contributed by atoms with Crippen LogP contribution in [-0.2, 0) is 6.42 Å². The summed E-state index contributed by atoms with van der Waals surface area (Å²) >= 11 is 1.71. The first kappa shape index (κ1) is 12.1. The van der Waals surface area contributed by atoms with E-state index in [4.69, 9.17) is 5.73 Å². The lowest BCUT2D eigenvalue weighted by Gasteiger charge is -2.05. The Kier molecular flexibility index (Phi) is 2.95. The minimum absolute atomic E-state index is 0.566. The Morgan fingerprint density at radius 1 is 1.16 bits per heavy atom. The standard InChI is InChI=1S/C15H15N3S/c1-3-11-12(10-6-4-9(2)5-7-10)13-14(16)17-8-18-15(13)19-11/h4-8H,3H2,1-2H3,(H2,16,17,18). The fourth-order valence-corrected chi connectivity index (χ4v) is 3.38. The minimum Gasteiger partial charge on any atom is -0.383 e. The Morgan fingerprint density at radius 2 is 1.89 bits per heavy atom. The third kappa shape index (κ3) is 1.98. The van der Waals surface area contributed by atoms with Gasteiger partial charge in [-0.25, -0.2) is 9.97 Å². The number of aromatic nitrogens is 2. The highest BCUT2D eigenvalue weighted by atomic mass is 32.1. The van der Waals surface area contributed by atoms with Gasteiger partial charge in [0.15, 0.2) is 0 Å². The number of hydrogen-bond donors (Lipinski definition) is 1. The normalized spacial score (nSPS) is 11.1. The molecule has 2 N–H and O–H groups in total. The van der Waals surface area contributed by atoms with E-state index in [1.54, 1.807) is 11.3 Å². The van der Waals surface area contributed by atoms with Crippen LogP contribution in [0.4, 0.5) is 5.82 Å². The average molecular weight is 269 g/mol. The summed E-state index contributed by atoms with van der Waals surface area (Å²) in [5, 5.41) is 0.994. The smallest absolute Gasteiger partial charge is 0.136 e. The molecule has 0 bridgehead atoms. The fourth-order valence-electron chi connectivity index (χ4n) is 2.28. The molecule has 3 aromatic rings. The summed E-state index contributed by atoms with van der Waals surface area (Å²) in [5.41, 5.74) is 9.69. The molecule has 0 amide bonds. The first-order valence-electron chi connectivity index (χ1n) is 6.29. The zero-order chi connectivity index (χ0) is 13.4. The molecule has 4 heteroatoms. The van der Waals surface area contributed by atoms with Crippen molar-refractivity contribution in [2.75, 3.05) is 5.73 Å². The second-order valence-corrected chi connectivity index (χ2v) is 5.64. The van der Waals surface area contributed by atoms with E-state index in [1.165, 1.54) is 27.9 Å². The second kappa shape index (κ2) is 4.63. The Morgan fingerprint density at radius 3 is 2.58 bits per heavy atom. The van der Waals surface area contributed by atoms with E-state index in [9.17, 15) is 0 Å². The molecule has 1 aromatic carbocycles. The molecule has 0 aliphatic rings. The van der Waals surface area contributed by atoms with E-state index in [2.05, 4.69) is 48.1 Å². The summed E-state index contributed by atoms with van der Waals surface area (Å²) in [7, 11) is 0. The van der Waals surface area contributed by atoms with Crippen LogP contribution in [0.15, 0.2) is 30.6 Å². The first-order valence-corrected chi connectivity index (χ1v) is 7.11. The summed E-state index contributed by atoms with van der Waals surface area (Å²) in [6.07, 6.45) is 2.51. The van der Waals surface area contributed by atoms with Gasteiger partial charge in [0.2, 0.25) is 0 Å². The van der Waals surface area contributed by atoms with Gasteiger partial charge in [-0.15, -0.1) is 11.3 Å². The van der Waals surface area contributed by atoms with E-state index in [-0.39, 0.29) is 0 Å². The van der Waals surface area contributed by atoms with Gasteiger partial charge in [0.1, 0.15) is 17.0 Å². The zero-order valence-electron chi connectivity index (χ0n) is 11.0. The Hall–Kier alpha value is -1.94. The van der Waals surface area contributed by atoms with E-state index in [1.807, 2.05) is 0 Å². The highest BCUT2D eigenvalue weighted by molar-refractivity contribution is 7.19. The number of rotatable bonds is 2. The maximum atomic E-state index is 6.05. The summed E-state index contributed by atoms with van der Waals surface area (Å²) in [6, 6.07) is 8.53. The Labute approximate surface area is 116 Å². The number of benzene rings is 1. The van der Waals surface area contributed by atoms with Gasteiger partial charge in [-0.2, -0.15) is 0 Å². The molecule has 0 saturated heterocycles. The second-order valence-electron chi connectivity index (χ2n) is 4.56. The molecule has 96 valence electrons. The molecule has 0 radical (unpaired) electrons. The Bertz CT molecular complexity index is 729. The van der Waals surface area contributed by atoms with Crippen LogP contribution in [0.1, 0.15) is 17.4 Å². The van der Waals surface area contributed by atoms with E-state index in [0.717, 1.165) is 16.6 Å². The van der Waals surface area contributed by atoms with Crippen molar-refractivity contribution in [3.63, 3.8) is 0 Å². The lowest BCUT2D eigenvalue weighted by Crippen LogP contribution is -1.92. The molecule has 0 aliphatic heterocycles. The van der Waals surface area contributed by atoms with Gasteiger partial charge < -0.3 is 5.73 Å². The van der Waals surface area contributed by atoms with Crippen molar-refractivity contribution in [2.24, 2.45) is 0 Å². The van der Waals surface area contributed by atoms with E-state index < -0.39 is 0 Å². The lowest BCUT2D eigenvalue weighted by atomic mass is 10.0. The van der Waals surface area contributed by atoms with Gasteiger partial charge in [-0.05, 0) is 18.9 Å². The van der Waals surface area contributed by atoms with Crippen molar-refractivity contribution in [1.29, 1.82) is 0 Å². The maximum Gasteiger partial charge on any atom is 0.136 e. The maximum absolute atomic E-state index is 6.05. The monoisotopic (exact) mass is 269 g/mol. The quantitative estimate of drug-likeness (QED) is 0.769. The molecule has 0 spiro atoms. The Balaban J connectivity index is 2.35. The van der Waals surface area contributed by atoms with Crippen LogP contribution in [0.5, 0.6) is 0 Å². The molecule has 0 atom stereocenters. The van der Waals surface area contributed by atoms with E-state index >= 15 is 0 Å². The topological polar surface area (TPSA) is 51.8 Å². The van der Waals surface area contributed by atoms with Gasteiger partial charge in [-0.3, -0.25) is 0 Å². The van der Waals surface area contributed by atoms with Crippen molar-refractivity contribution in [3.8, 4) is 11.1 Å². The van der Waals surface area contributed by atoms with Crippen LogP contribution in [0, 0.1) is 6.92 Å². The number of fused-ring (bicyclic) bond motifs is 1. The number of nitrogens with two attached hydrogens (primary N) is 1. The number of nitrogen functional groups attached to an aromatic ring is 1. The number of thiophene rings is 1. The summed E-state index contributed by atoms with van der Waals surface area (Å²) in [5.74, 6) is 0.566. The predicted molar refractivity (Wildman–Crippen MR) is 81.4 cm³/mol. The first-order chi connectivity index (χ1) is 9.20. The van der Waals surface area contributed by atoms with Crippen LogP contribution in [0.3, 0.4) is 0 Å². The van der Waals surface area contributed by atoms with E-state index in [0.29, 0.717) is 5.82 Å². The van der Waals surface area contributed by atoms with Gasteiger partial charge in [0, 0.05) is 10.4 Å². The number of anilines is 1. The average Bonchev–Trinajstić information content (AvgIpc) is 2.80. The molecule has 2 aromatic heterocycles. The van der Waals surface area contributed by atoms with Crippen molar-refractivity contribution in [2.45, 2.75) is 20.3 Å².